The highest BCUT2D eigenvalue weighted by atomic mass is 79.9. The summed E-state index contributed by atoms with van der Waals surface area (Å²) >= 11 is 3.42. The fourth-order valence-corrected chi connectivity index (χ4v) is 2.50. The second-order valence-corrected chi connectivity index (χ2v) is 5.97. The van der Waals surface area contributed by atoms with Crippen LogP contribution in [0, 0.1) is 0 Å². The van der Waals surface area contributed by atoms with Crippen molar-refractivity contribution < 1.29 is 4.74 Å². The third-order valence-electron chi connectivity index (χ3n) is 3.32. The van der Waals surface area contributed by atoms with Crippen molar-refractivity contribution in [1.82, 2.24) is 9.97 Å². The molecular formula is C16H17BrN2O. The minimum Gasteiger partial charge on any atom is -0.439 e. The number of ether oxygens (including phenoxy) is 1. The van der Waals surface area contributed by atoms with E-state index in [1.165, 1.54) is 18.4 Å². The van der Waals surface area contributed by atoms with Gasteiger partial charge in [0.25, 0.3) is 0 Å². The lowest BCUT2D eigenvalue weighted by molar-refractivity contribution is 0.457. The predicted octanol–water partition coefficient (Wildman–Crippen LogP) is 4.86. The van der Waals surface area contributed by atoms with E-state index >= 15 is 0 Å². The van der Waals surface area contributed by atoms with Gasteiger partial charge in [0.05, 0.1) is 0 Å². The summed E-state index contributed by atoms with van der Waals surface area (Å²) in [6.07, 6.45) is 4.62. The monoisotopic (exact) mass is 332 g/mol. The molecule has 2 aromatic rings. The fraction of sp³-hybridized carbons (Fsp3) is 0.375. The molecule has 1 saturated carbocycles. The Kier molecular flexibility index (Phi) is 4.01. The Hall–Kier alpha value is -1.42. The standard InChI is InChI=1S/C16H17BrN2O/c1-2-3-11-4-8-13(9-5-11)20-15-10-14(17)18-16(19-15)12-6-7-12/h4-5,8-10,12H,2-3,6-7H2,1H3. The molecule has 0 radical (unpaired) electrons. The number of nitrogens with zero attached hydrogens (tertiary/aromatic N) is 2. The van der Waals surface area contributed by atoms with Crippen molar-refractivity contribution in [2.45, 2.75) is 38.5 Å². The minimum atomic E-state index is 0.516. The molecule has 20 heavy (non-hydrogen) atoms. The van der Waals surface area contributed by atoms with Crippen LogP contribution in [0.5, 0.6) is 11.6 Å². The molecule has 0 spiro atoms. The van der Waals surface area contributed by atoms with Gasteiger partial charge in [-0.15, -0.1) is 0 Å². The molecule has 0 atom stereocenters. The number of rotatable bonds is 5. The molecule has 0 amide bonds. The van der Waals surface area contributed by atoms with Gasteiger partial charge < -0.3 is 4.74 Å². The molecule has 0 bridgehead atoms. The SMILES string of the molecule is CCCc1ccc(Oc2cc(Br)nc(C3CC3)n2)cc1. The van der Waals surface area contributed by atoms with Crippen molar-refractivity contribution in [1.29, 1.82) is 0 Å². The summed E-state index contributed by atoms with van der Waals surface area (Å²) in [4.78, 5) is 8.89. The van der Waals surface area contributed by atoms with Crippen molar-refractivity contribution in [2.24, 2.45) is 0 Å². The van der Waals surface area contributed by atoms with Crippen molar-refractivity contribution in [3.8, 4) is 11.6 Å². The van der Waals surface area contributed by atoms with Gasteiger partial charge in [0.2, 0.25) is 5.88 Å². The number of benzene rings is 1. The van der Waals surface area contributed by atoms with Crippen molar-refractivity contribution in [3.05, 3.63) is 46.3 Å². The first-order chi connectivity index (χ1) is 9.74. The summed E-state index contributed by atoms with van der Waals surface area (Å²) in [7, 11) is 0. The number of hydrogen-bond acceptors (Lipinski definition) is 3. The number of hydrogen-bond donors (Lipinski definition) is 0. The van der Waals surface area contributed by atoms with Crippen molar-refractivity contribution in [3.63, 3.8) is 0 Å². The number of aryl methyl sites for hydroxylation is 1. The van der Waals surface area contributed by atoms with E-state index < -0.39 is 0 Å². The normalized spacial score (nSPS) is 14.3. The Morgan fingerprint density at radius 1 is 1.20 bits per heavy atom. The Balaban J connectivity index is 1.76. The van der Waals surface area contributed by atoms with Crippen LogP contribution in [0.1, 0.15) is 43.5 Å². The van der Waals surface area contributed by atoms with Crippen LogP contribution in [0.3, 0.4) is 0 Å². The third-order valence-corrected chi connectivity index (χ3v) is 3.72. The zero-order valence-corrected chi connectivity index (χ0v) is 13.1. The fourth-order valence-electron chi connectivity index (χ4n) is 2.12. The van der Waals surface area contributed by atoms with E-state index in [0.717, 1.165) is 29.0 Å². The van der Waals surface area contributed by atoms with Crippen LogP contribution < -0.4 is 4.74 Å². The molecule has 3 rings (SSSR count). The van der Waals surface area contributed by atoms with Gasteiger partial charge in [-0.25, -0.2) is 4.98 Å². The smallest absolute Gasteiger partial charge is 0.223 e. The third kappa shape index (κ3) is 3.37. The van der Waals surface area contributed by atoms with Crippen LogP contribution in [-0.2, 0) is 6.42 Å². The summed E-state index contributed by atoms with van der Waals surface area (Å²) < 4.78 is 6.61. The first kappa shape index (κ1) is 13.6. The van der Waals surface area contributed by atoms with Crippen LogP contribution in [0.4, 0.5) is 0 Å². The maximum absolute atomic E-state index is 5.83. The van der Waals surface area contributed by atoms with E-state index in [-0.39, 0.29) is 0 Å². The first-order valence-electron chi connectivity index (χ1n) is 7.06. The quantitative estimate of drug-likeness (QED) is 0.733. The van der Waals surface area contributed by atoms with E-state index in [1.807, 2.05) is 18.2 Å². The van der Waals surface area contributed by atoms with Crippen molar-refractivity contribution in [2.75, 3.05) is 0 Å². The Bertz CT molecular complexity index is 594. The molecule has 1 aliphatic carbocycles. The Morgan fingerprint density at radius 2 is 1.95 bits per heavy atom. The second kappa shape index (κ2) is 5.92. The summed E-state index contributed by atoms with van der Waals surface area (Å²) in [5.41, 5.74) is 1.34. The van der Waals surface area contributed by atoms with E-state index in [2.05, 4.69) is 45.0 Å². The maximum atomic E-state index is 5.83. The van der Waals surface area contributed by atoms with Crippen LogP contribution in [0.2, 0.25) is 0 Å². The zero-order chi connectivity index (χ0) is 13.9. The predicted molar refractivity (Wildman–Crippen MR) is 82.2 cm³/mol. The number of halogens is 1. The summed E-state index contributed by atoms with van der Waals surface area (Å²) in [5.74, 6) is 2.83. The van der Waals surface area contributed by atoms with Crippen LogP contribution in [0.15, 0.2) is 34.9 Å². The van der Waals surface area contributed by atoms with Gasteiger partial charge in [0.1, 0.15) is 16.2 Å². The van der Waals surface area contributed by atoms with Crippen LogP contribution in [0.25, 0.3) is 0 Å². The Labute approximate surface area is 127 Å². The molecule has 0 saturated heterocycles. The molecule has 0 aliphatic heterocycles. The molecule has 1 aliphatic rings. The van der Waals surface area contributed by atoms with Gasteiger partial charge in [0.15, 0.2) is 0 Å². The molecule has 0 unspecified atom stereocenters. The topological polar surface area (TPSA) is 35.0 Å². The maximum Gasteiger partial charge on any atom is 0.223 e. The molecule has 0 N–H and O–H groups in total. The van der Waals surface area contributed by atoms with E-state index in [4.69, 9.17) is 4.74 Å². The highest BCUT2D eigenvalue weighted by Gasteiger charge is 2.27. The van der Waals surface area contributed by atoms with E-state index in [9.17, 15) is 0 Å². The van der Waals surface area contributed by atoms with Gasteiger partial charge in [-0.2, -0.15) is 4.98 Å². The van der Waals surface area contributed by atoms with Gasteiger partial charge in [-0.3, -0.25) is 0 Å². The second-order valence-electron chi connectivity index (χ2n) is 5.16. The lowest BCUT2D eigenvalue weighted by atomic mass is 10.1. The van der Waals surface area contributed by atoms with E-state index in [1.54, 1.807) is 0 Å². The van der Waals surface area contributed by atoms with Crippen LogP contribution >= 0.6 is 15.9 Å². The van der Waals surface area contributed by atoms with Gasteiger partial charge >= 0.3 is 0 Å². The average Bonchev–Trinajstić information content (AvgIpc) is 3.25. The number of aromatic nitrogens is 2. The van der Waals surface area contributed by atoms with Gasteiger partial charge in [-0.1, -0.05) is 25.5 Å². The largest absolute Gasteiger partial charge is 0.439 e. The summed E-state index contributed by atoms with van der Waals surface area (Å²) in [6.45, 7) is 2.18. The highest BCUT2D eigenvalue weighted by molar-refractivity contribution is 9.10. The Morgan fingerprint density at radius 3 is 2.60 bits per heavy atom. The molecule has 1 aromatic heterocycles. The lowest BCUT2D eigenvalue weighted by Crippen LogP contribution is -1.96. The lowest BCUT2D eigenvalue weighted by Gasteiger charge is -2.07. The van der Waals surface area contributed by atoms with Gasteiger partial charge in [-0.05, 0) is 52.9 Å². The highest BCUT2D eigenvalue weighted by Crippen LogP contribution is 2.39. The summed E-state index contributed by atoms with van der Waals surface area (Å²) in [6, 6.07) is 10.0. The molecular weight excluding hydrogens is 316 g/mol. The average molecular weight is 333 g/mol. The minimum absolute atomic E-state index is 0.516. The molecule has 104 valence electrons. The zero-order valence-electron chi connectivity index (χ0n) is 11.5. The van der Waals surface area contributed by atoms with Crippen LogP contribution in [-0.4, -0.2) is 9.97 Å². The molecule has 4 heteroatoms. The molecule has 1 fully saturated rings. The molecule has 3 nitrogen and oxygen atoms in total. The summed E-state index contributed by atoms with van der Waals surface area (Å²) in [5, 5.41) is 0. The van der Waals surface area contributed by atoms with E-state index in [0.29, 0.717) is 11.8 Å². The van der Waals surface area contributed by atoms with Crippen molar-refractivity contribution >= 4 is 15.9 Å². The molecule has 1 heterocycles. The van der Waals surface area contributed by atoms with Gasteiger partial charge in [0, 0.05) is 12.0 Å². The first-order valence-corrected chi connectivity index (χ1v) is 7.85. The molecule has 1 aromatic carbocycles.